The van der Waals surface area contributed by atoms with E-state index in [-0.39, 0.29) is 11.5 Å². The van der Waals surface area contributed by atoms with Crippen molar-refractivity contribution < 1.29 is 9.32 Å². The van der Waals surface area contributed by atoms with E-state index in [1.807, 2.05) is 31.2 Å². The van der Waals surface area contributed by atoms with E-state index < -0.39 is 6.04 Å². The molecule has 144 valence electrons. The van der Waals surface area contributed by atoms with Crippen molar-refractivity contribution in [3.8, 4) is 11.3 Å². The molecule has 1 amide bonds. The Kier molecular flexibility index (Phi) is 4.81. The minimum absolute atomic E-state index is 0.335. The summed E-state index contributed by atoms with van der Waals surface area (Å²) < 4.78 is 6.52. The predicted octanol–water partition coefficient (Wildman–Crippen LogP) is 3.29. The molecule has 7 nitrogen and oxygen atoms in total. The molecule has 0 aliphatic heterocycles. The zero-order chi connectivity index (χ0) is 19.7. The Morgan fingerprint density at radius 1 is 1.14 bits per heavy atom. The van der Waals surface area contributed by atoms with Gasteiger partial charge in [-0.25, -0.2) is 4.68 Å². The Morgan fingerprint density at radius 2 is 1.89 bits per heavy atom. The highest BCUT2D eigenvalue weighted by Crippen LogP contribution is 2.28. The van der Waals surface area contributed by atoms with Gasteiger partial charge in [0.1, 0.15) is 6.04 Å². The van der Waals surface area contributed by atoms with Crippen molar-refractivity contribution in [1.29, 1.82) is 0 Å². The van der Waals surface area contributed by atoms with Gasteiger partial charge in [-0.3, -0.25) is 14.9 Å². The average molecular weight is 378 g/mol. The maximum atomic E-state index is 12.7. The number of anilines is 1. The molecule has 0 fully saturated rings. The van der Waals surface area contributed by atoms with Crippen LogP contribution >= 0.6 is 0 Å². The van der Waals surface area contributed by atoms with Crippen molar-refractivity contribution in [3.63, 3.8) is 0 Å². The van der Waals surface area contributed by atoms with Crippen molar-refractivity contribution in [1.82, 2.24) is 14.9 Å². The number of nitrogens with one attached hydrogen (secondary N) is 1. The van der Waals surface area contributed by atoms with Gasteiger partial charge in [-0.15, -0.1) is 0 Å². The lowest BCUT2D eigenvalue weighted by molar-refractivity contribution is -0.119. The monoisotopic (exact) mass is 378 g/mol. The van der Waals surface area contributed by atoms with Gasteiger partial charge in [-0.05, 0) is 45.6 Å². The molecule has 1 unspecified atom stereocenters. The summed E-state index contributed by atoms with van der Waals surface area (Å²) in [6.45, 7) is 3.65. The molecule has 1 aliphatic rings. The first-order chi connectivity index (χ1) is 13.5. The first-order valence-corrected chi connectivity index (χ1v) is 9.48. The molecule has 4 rings (SSSR count). The molecule has 28 heavy (non-hydrogen) atoms. The van der Waals surface area contributed by atoms with Gasteiger partial charge < -0.3 is 4.52 Å². The van der Waals surface area contributed by atoms with Gasteiger partial charge in [0.2, 0.25) is 5.88 Å². The van der Waals surface area contributed by atoms with Gasteiger partial charge in [0.25, 0.3) is 11.5 Å². The first-order valence-electron chi connectivity index (χ1n) is 9.48. The van der Waals surface area contributed by atoms with E-state index in [9.17, 15) is 9.59 Å². The summed E-state index contributed by atoms with van der Waals surface area (Å²) >= 11 is 0. The minimum Gasteiger partial charge on any atom is -0.338 e. The van der Waals surface area contributed by atoms with Crippen LogP contribution in [-0.2, 0) is 17.6 Å². The number of aromatic nitrogens is 3. The van der Waals surface area contributed by atoms with Gasteiger partial charge in [0.05, 0.1) is 11.4 Å². The van der Waals surface area contributed by atoms with Crippen LogP contribution in [0.3, 0.4) is 0 Å². The van der Waals surface area contributed by atoms with Gasteiger partial charge in [0.15, 0.2) is 0 Å². The predicted molar refractivity (Wildman–Crippen MR) is 105 cm³/mol. The van der Waals surface area contributed by atoms with Crippen LogP contribution in [0.25, 0.3) is 11.3 Å². The van der Waals surface area contributed by atoms with E-state index in [0.29, 0.717) is 11.6 Å². The molecule has 0 bridgehead atoms. The third-order valence-corrected chi connectivity index (χ3v) is 5.12. The Labute approximate surface area is 162 Å². The lowest BCUT2D eigenvalue weighted by Crippen LogP contribution is -2.33. The second-order valence-electron chi connectivity index (χ2n) is 7.18. The van der Waals surface area contributed by atoms with E-state index >= 15 is 0 Å². The number of aryl methyl sites for hydroxylation is 2. The van der Waals surface area contributed by atoms with Gasteiger partial charge >= 0.3 is 0 Å². The second kappa shape index (κ2) is 7.42. The molecule has 0 saturated carbocycles. The molecule has 0 spiro atoms. The Balaban J connectivity index is 1.58. The highest BCUT2D eigenvalue weighted by atomic mass is 16.5. The van der Waals surface area contributed by atoms with E-state index in [2.05, 4.69) is 15.6 Å². The molecular weight excluding hydrogens is 356 g/mol. The fraction of sp³-hybridized carbons (Fsp3) is 0.333. The average Bonchev–Trinajstić information content (AvgIpc) is 3.11. The number of hydrogen-bond acceptors (Lipinski definition) is 5. The topological polar surface area (TPSA) is 90.0 Å². The highest BCUT2D eigenvalue weighted by molar-refractivity contribution is 5.92. The fourth-order valence-corrected chi connectivity index (χ4v) is 3.40. The van der Waals surface area contributed by atoms with Crippen LogP contribution < -0.4 is 10.9 Å². The normalized spacial score (nSPS) is 14.4. The second-order valence-corrected chi connectivity index (χ2v) is 7.18. The van der Waals surface area contributed by atoms with Crippen molar-refractivity contribution >= 4 is 11.8 Å². The van der Waals surface area contributed by atoms with Crippen LogP contribution in [0.2, 0.25) is 0 Å². The molecule has 1 atom stereocenters. The SMILES string of the molecule is Cc1ccc(-c2ccc(=O)n(C(C)C(=O)Nc3onc4c3CCCC4)n2)cc1. The number of rotatable bonds is 4. The smallest absolute Gasteiger partial charge is 0.267 e. The summed E-state index contributed by atoms with van der Waals surface area (Å²) in [7, 11) is 0. The Morgan fingerprint density at radius 3 is 2.68 bits per heavy atom. The lowest BCUT2D eigenvalue weighted by atomic mass is 9.98. The number of hydrogen-bond donors (Lipinski definition) is 1. The third-order valence-electron chi connectivity index (χ3n) is 5.12. The summed E-state index contributed by atoms with van der Waals surface area (Å²) in [5.41, 5.74) is 4.19. The number of amides is 1. The number of fused-ring (bicyclic) bond motifs is 1. The van der Waals surface area contributed by atoms with Crippen LogP contribution in [0.15, 0.2) is 45.7 Å². The van der Waals surface area contributed by atoms with Gasteiger partial charge in [-0.1, -0.05) is 35.0 Å². The Bertz CT molecular complexity index is 1070. The summed E-state index contributed by atoms with van der Waals surface area (Å²) in [6.07, 6.45) is 3.83. The zero-order valence-corrected chi connectivity index (χ0v) is 15.9. The van der Waals surface area contributed by atoms with Crippen LogP contribution in [0.4, 0.5) is 5.88 Å². The molecule has 1 N–H and O–H groups in total. The Hall–Kier alpha value is -3.22. The molecule has 2 heterocycles. The third kappa shape index (κ3) is 3.47. The molecular formula is C21H22N4O3. The van der Waals surface area contributed by atoms with E-state index in [1.54, 1.807) is 13.0 Å². The molecule has 0 saturated heterocycles. The molecule has 7 heteroatoms. The largest absolute Gasteiger partial charge is 0.338 e. The molecule has 3 aromatic rings. The zero-order valence-electron chi connectivity index (χ0n) is 15.9. The maximum Gasteiger partial charge on any atom is 0.267 e. The number of benzene rings is 1. The standard InChI is InChI=1S/C21H22N4O3/c1-13-7-9-15(10-8-13)17-11-12-19(26)25(23-17)14(2)20(27)22-21-16-5-3-4-6-18(16)24-28-21/h7-12,14H,3-6H2,1-2H3,(H,22,27). The van der Waals surface area contributed by atoms with E-state index in [0.717, 1.165) is 48.1 Å². The molecule has 0 radical (unpaired) electrons. The molecule has 1 aromatic carbocycles. The highest BCUT2D eigenvalue weighted by Gasteiger charge is 2.24. The summed E-state index contributed by atoms with van der Waals surface area (Å²) in [6, 6.07) is 10.2. The van der Waals surface area contributed by atoms with Crippen LogP contribution in [0.5, 0.6) is 0 Å². The van der Waals surface area contributed by atoms with Gasteiger partial charge in [-0.2, -0.15) is 5.10 Å². The molecule has 2 aromatic heterocycles. The summed E-state index contributed by atoms with van der Waals surface area (Å²) in [5.74, 6) is 0.0227. The van der Waals surface area contributed by atoms with Crippen LogP contribution in [0.1, 0.15) is 42.6 Å². The van der Waals surface area contributed by atoms with Crippen molar-refractivity contribution in [2.45, 2.75) is 45.6 Å². The van der Waals surface area contributed by atoms with Gasteiger partial charge in [0, 0.05) is 17.2 Å². The number of carbonyl (C=O) groups excluding carboxylic acids is 1. The van der Waals surface area contributed by atoms with E-state index in [1.165, 1.54) is 10.7 Å². The fourth-order valence-electron chi connectivity index (χ4n) is 3.40. The maximum absolute atomic E-state index is 12.7. The van der Waals surface area contributed by atoms with Crippen molar-refractivity contribution in [2.75, 3.05) is 5.32 Å². The minimum atomic E-state index is -0.790. The first kappa shape index (κ1) is 18.2. The van der Waals surface area contributed by atoms with Crippen molar-refractivity contribution in [3.05, 3.63) is 63.6 Å². The number of nitrogens with zero attached hydrogens (tertiary/aromatic N) is 3. The number of carbonyl (C=O) groups is 1. The van der Waals surface area contributed by atoms with Crippen LogP contribution in [-0.4, -0.2) is 20.8 Å². The molecule has 1 aliphatic carbocycles. The van der Waals surface area contributed by atoms with Crippen LogP contribution in [0, 0.1) is 6.92 Å². The summed E-state index contributed by atoms with van der Waals surface area (Å²) in [5, 5.41) is 11.2. The lowest BCUT2D eigenvalue weighted by Gasteiger charge is -2.15. The summed E-state index contributed by atoms with van der Waals surface area (Å²) in [4.78, 5) is 25.1. The quantitative estimate of drug-likeness (QED) is 0.752. The van der Waals surface area contributed by atoms with Crippen molar-refractivity contribution in [2.24, 2.45) is 0 Å². The van der Waals surface area contributed by atoms with E-state index in [4.69, 9.17) is 4.52 Å².